The summed E-state index contributed by atoms with van der Waals surface area (Å²) in [4.78, 5) is 10.5. The average Bonchev–Trinajstić information content (AvgIpc) is 2.44. The maximum Gasteiger partial charge on any atom is 0.243 e. The third kappa shape index (κ3) is 5.15. The molecule has 1 rings (SSSR count). The Hall–Kier alpha value is -1.95. The minimum absolute atomic E-state index is 0.0303. The van der Waals surface area contributed by atoms with Gasteiger partial charge in [-0.25, -0.2) is 17.5 Å². The van der Waals surface area contributed by atoms with E-state index in [9.17, 15) is 17.6 Å². The number of carbonyl (C=O) groups excluding carboxylic acids is 1. The number of hydrogen-bond donors (Lipinski definition) is 3. The molecule has 0 aliphatic rings. The van der Waals surface area contributed by atoms with E-state index in [-0.39, 0.29) is 25.4 Å². The van der Waals surface area contributed by atoms with E-state index in [2.05, 4.69) is 21.9 Å². The zero-order valence-electron chi connectivity index (χ0n) is 11.4. The molecule has 0 aliphatic heterocycles. The van der Waals surface area contributed by atoms with Crippen molar-refractivity contribution in [3.05, 3.63) is 29.6 Å². The minimum Gasteiger partial charge on any atom is -0.359 e. The van der Waals surface area contributed by atoms with Gasteiger partial charge < -0.3 is 11.1 Å². The summed E-state index contributed by atoms with van der Waals surface area (Å²) in [5.74, 6) is 3.93. The fourth-order valence-electron chi connectivity index (χ4n) is 1.45. The second-order valence-electron chi connectivity index (χ2n) is 3.97. The molecule has 0 bridgehead atoms. The van der Waals surface area contributed by atoms with E-state index in [0.29, 0.717) is 5.56 Å². The maximum atomic E-state index is 13.8. The standard InChI is InChI=1S/C13H16FN3O3S/c1-16-13(18)6-8-17-21(19,20)12-5-4-10(3-2-7-15)9-11(12)14/h4-5,9,17H,6-8,15H2,1H3,(H,16,18). The van der Waals surface area contributed by atoms with E-state index in [0.717, 1.165) is 12.1 Å². The number of benzene rings is 1. The number of nitrogens with two attached hydrogens (primary N) is 1. The van der Waals surface area contributed by atoms with Crippen LogP contribution in [0.15, 0.2) is 23.1 Å². The summed E-state index contributed by atoms with van der Waals surface area (Å²) in [5, 5.41) is 2.36. The van der Waals surface area contributed by atoms with Crippen molar-refractivity contribution in [2.75, 3.05) is 20.1 Å². The van der Waals surface area contributed by atoms with Crippen LogP contribution in [0.2, 0.25) is 0 Å². The van der Waals surface area contributed by atoms with Crippen molar-refractivity contribution >= 4 is 15.9 Å². The first-order chi connectivity index (χ1) is 9.90. The number of halogens is 1. The lowest BCUT2D eigenvalue weighted by atomic mass is 10.2. The topological polar surface area (TPSA) is 101 Å². The molecule has 0 aromatic heterocycles. The summed E-state index contributed by atoms with van der Waals surface area (Å²) < 4.78 is 39.8. The lowest BCUT2D eigenvalue weighted by Crippen LogP contribution is -2.29. The van der Waals surface area contributed by atoms with Crippen molar-refractivity contribution in [2.45, 2.75) is 11.3 Å². The monoisotopic (exact) mass is 313 g/mol. The van der Waals surface area contributed by atoms with Gasteiger partial charge in [0, 0.05) is 25.6 Å². The molecule has 0 saturated heterocycles. The van der Waals surface area contributed by atoms with Gasteiger partial charge in [-0.15, -0.1) is 0 Å². The highest BCUT2D eigenvalue weighted by molar-refractivity contribution is 7.89. The predicted molar refractivity (Wildman–Crippen MR) is 76.2 cm³/mol. The van der Waals surface area contributed by atoms with Gasteiger partial charge in [0.1, 0.15) is 10.7 Å². The summed E-state index contributed by atoms with van der Waals surface area (Å²) in [5.41, 5.74) is 5.53. The Morgan fingerprint density at radius 1 is 1.43 bits per heavy atom. The molecule has 0 atom stereocenters. The summed E-state index contributed by atoms with van der Waals surface area (Å²) in [6.45, 7) is 0.0128. The molecule has 1 aromatic rings. The van der Waals surface area contributed by atoms with Crippen LogP contribution in [-0.4, -0.2) is 34.5 Å². The number of rotatable bonds is 5. The third-order valence-corrected chi connectivity index (χ3v) is 3.97. The molecule has 0 radical (unpaired) electrons. The minimum atomic E-state index is -4.01. The van der Waals surface area contributed by atoms with Crippen LogP contribution in [0.3, 0.4) is 0 Å². The third-order valence-electron chi connectivity index (χ3n) is 2.48. The second kappa shape index (κ2) is 7.73. The zero-order valence-corrected chi connectivity index (χ0v) is 12.3. The first-order valence-corrected chi connectivity index (χ1v) is 7.57. The van der Waals surface area contributed by atoms with Crippen LogP contribution in [-0.2, 0) is 14.8 Å². The van der Waals surface area contributed by atoms with Gasteiger partial charge in [-0.05, 0) is 18.2 Å². The highest BCUT2D eigenvalue weighted by Gasteiger charge is 2.19. The molecule has 0 fully saturated rings. The normalized spacial score (nSPS) is 10.6. The van der Waals surface area contributed by atoms with Crippen LogP contribution in [0, 0.1) is 17.7 Å². The number of carbonyl (C=O) groups is 1. The predicted octanol–water partition coefficient (Wildman–Crippen LogP) is -0.450. The molecule has 21 heavy (non-hydrogen) atoms. The van der Waals surface area contributed by atoms with Gasteiger partial charge in [0.2, 0.25) is 15.9 Å². The molecular weight excluding hydrogens is 297 g/mol. The van der Waals surface area contributed by atoms with Crippen LogP contribution in [0.5, 0.6) is 0 Å². The number of hydrogen-bond acceptors (Lipinski definition) is 4. The zero-order chi connectivity index (χ0) is 15.9. The molecule has 1 aromatic carbocycles. The van der Waals surface area contributed by atoms with E-state index in [1.165, 1.54) is 13.1 Å². The fourth-order valence-corrected chi connectivity index (χ4v) is 2.54. The Labute approximate surface area is 123 Å². The number of amides is 1. The summed E-state index contributed by atoms with van der Waals surface area (Å²) >= 11 is 0. The Morgan fingerprint density at radius 2 is 2.14 bits per heavy atom. The van der Waals surface area contributed by atoms with Crippen molar-refractivity contribution in [3.63, 3.8) is 0 Å². The SMILES string of the molecule is CNC(=O)CCNS(=O)(=O)c1ccc(C#CCN)cc1F. The van der Waals surface area contributed by atoms with E-state index < -0.39 is 20.7 Å². The molecule has 0 heterocycles. The Kier molecular flexibility index (Phi) is 6.30. The second-order valence-corrected chi connectivity index (χ2v) is 5.71. The van der Waals surface area contributed by atoms with Gasteiger partial charge in [-0.1, -0.05) is 11.8 Å². The molecule has 6 nitrogen and oxygen atoms in total. The molecule has 0 saturated carbocycles. The molecular formula is C13H16FN3O3S. The molecule has 0 aliphatic carbocycles. The Morgan fingerprint density at radius 3 is 2.71 bits per heavy atom. The first-order valence-electron chi connectivity index (χ1n) is 6.09. The number of nitrogens with one attached hydrogen (secondary N) is 2. The van der Waals surface area contributed by atoms with Crippen LogP contribution >= 0.6 is 0 Å². The van der Waals surface area contributed by atoms with Gasteiger partial charge in [-0.2, -0.15) is 0 Å². The van der Waals surface area contributed by atoms with Crippen molar-refractivity contribution in [1.82, 2.24) is 10.0 Å². The Balaban J connectivity index is 2.86. The van der Waals surface area contributed by atoms with Crippen molar-refractivity contribution in [3.8, 4) is 11.8 Å². The van der Waals surface area contributed by atoms with Crippen molar-refractivity contribution < 1.29 is 17.6 Å². The quantitative estimate of drug-likeness (QED) is 0.641. The highest BCUT2D eigenvalue weighted by Crippen LogP contribution is 2.15. The largest absolute Gasteiger partial charge is 0.359 e. The molecule has 8 heteroatoms. The van der Waals surface area contributed by atoms with Crippen LogP contribution in [0.4, 0.5) is 4.39 Å². The Bertz CT molecular complexity index is 678. The summed E-state index contributed by atoms with van der Waals surface area (Å²) in [7, 11) is -2.57. The molecule has 0 unspecified atom stereocenters. The number of sulfonamides is 1. The van der Waals surface area contributed by atoms with E-state index >= 15 is 0 Å². The molecule has 4 N–H and O–H groups in total. The van der Waals surface area contributed by atoms with Gasteiger partial charge in [-0.3, -0.25) is 4.79 Å². The van der Waals surface area contributed by atoms with Gasteiger partial charge in [0.25, 0.3) is 0 Å². The highest BCUT2D eigenvalue weighted by atomic mass is 32.2. The summed E-state index contributed by atoms with van der Waals surface area (Å²) in [6.07, 6.45) is -0.0303. The van der Waals surface area contributed by atoms with E-state index in [1.807, 2.05) is 0 Å². The van der Waals surface area contributed by atoms with Gasteiger partial charge in [0.05, 0.1) is 6.54 Å². The van der Waals surface area contributed by atoms with Crippen molar-refractivity contribution in [2.24, 2.45) is 5.73 Å². The first kappa shape index (κ1) is 17.1. The fraction of sp³-hybridized carbons (Fsp3) is 0.308. The van der Waals surface area contributed by atoms with Crippen LogP contribution in [0.25, 0.3) is 0 Å². The maximum absolute atomic E-state index is 13.8. The van der Waals surface area contributed by atoms with Gasteiger partial charge >= 0.3 is 0 Å². The van der Waals surface area contributed by atoms with Crippen molar-refractivity contribution in [1.29, 1.82) is 0 Å². The lowest BCUT2D eigenvalue weighted by Gasteiger charge is -2.07. The average molecular weight is 313 g/mol. The van der Waals surface area contributed by atoms with E-state index in [4.69, 9.17) is 5.73 Å². The lowest BCUT2D eigenvalue weighted by molar-refractivity contribution is -0.120. The van der Waals surface area contributed by atoms with Crippen LogP contribution in [0.1, 0.15) is 12.0 Å². The smallest absolute Gasteiger partial charge is 0.243 e. The summed E-state index contributed by atoms with van der Waals surface area (Å²) in [6, 6.07) is 3.53. The molecule has 0 spiro atoms. The van der Waals surface area contributed by atoms with Crippen LogP contribution < -0.4 is 15.8 Å². The van der Waals surface area contributed by atoms with E-state index in [1.54, 1.807) is 0 Å². The molecule has 114 valence electrons. The van der Waals surface area contributed by atoms with Gasteiger partial charge in [0.15, 0.2) is 0 Å². The molecule has 1 amide bonds.